The van der Waals surface area contributed by atoms with Crippen LogP contribution in [0.4, 0.5) is 0 Å². The molecule has 1 aliphatic carbocycles. The monoisotopic (exact) mass is 374 g/mol. The van der Waals surface area contributed by atoms with E-state index in [1.807, 2.05) is 22.7 Å². The second-order valence-corrected chi connectivity index (χ2v) is 8.18. The number of benzene rings is 1. The number of carbonyl (C=O) groups is 1. The molecule has 1 amide bonds. The molecule has 1 heterocycles. The molecule has 26 heavy (non-hydrogen) atoms. The molecule has 0 aromatic heterocycles. The molecule has 0 spiro atoms. The SMILES string of the molecule is CCNC(=NCC(=O)N1CCc2ccccc2C1)NC1CCC(SC)C1. The number of guanidine groups is 1. The van der Waals surface area contributed by atoms with Crippen molar-refractivity contribution in [1.82, 2.24) is 15.5 Å². The summed E-state index contributed by atoms with van der Waals surface area (Å²) in [6, 6.07) is 8.85. The highest BCUT2D eigenvalue weighted by Crippen LogP contribution is 2.28. The molecule has 0 radical (unpaired) electrons. The van der Waals surface area contributed by atoms with Crippen molar-refractivity contribution in [3.8, 4) is 0 Å². The van der Waals surface area contributed by atoms with Crippen molar-refractivity contribution >= 4 is 23.6 Å². The van der Waals surface area contributed by atoms with Crippen molar-refractivity contribution in [3.05, 3.63) is 35.4 Å². The maximum atomic E-state index is 12.6. The molecule has 1 aromatic rings. The number of hydrogen-bond donors (Lipinski definition) is 2. The third-order valence-corrected chi connectivity index (χ3v) is 6.35. The Labute approximate surface area is 161 Å². The highest BCUT2D eigenvalue weighted by atomic mass is 32.2. The minimum absolute atomic E-state index is 0.102. The molecular formula is C20H30N4OS. The van der Waals surface area contributed by atoms with Gasteiger partial charge in [-0.1, -0.05) is 24.3 Å². The molecule has 6 heteroatoms. The quantitative estimate of drug-likeness (QED) is 0.614. The van der Waals surface area contributed by atoms with Crippen LogP contribution in [0.5, 0.6) is 0 Å². The first-order valence-corrected chi connectivity index (χ1v) is 10.9. The number of rotatable bonds is 5. The van der Waals surface area contributed by atoms with Gasteiger partial charge in [-0.25, -0.2) is 4.99 Å². The van der Waals surface area contributed by atoms with Crippen LogP contribution in [0.2, 0.25) is 0 Å². The fraction of sp³-hybridized carbons (Fsp3) is 0.600. The molecular weight excluding hydrogens is 344 g/mol. The molecule has 2 N–H and O–H groups in total. The molecule has 5 nitrogen and oxygen atoms in total. The molecule has 2 aliphatic rings. The van der Waals surface area contributed by atoms with Crippen LogP contribution in [0, 0.1) is 0 Å². The van der Waals surface area contributed by atoms with Crippen LogP contribution in [0.25, 0.3) is 0 Å². The number of carbonyl (C=O) groups excluding carboxylic acids is 1. The van der Waals surface area contributed by atoms with Crippen molar-refractivity contribution in [2.75, 3.05) is 25.9 Å². The maximum Gasteiger partial charge on any atom is 0.244 e. The molecule has 0 saturated heterocycles. The largest absolute Gasteiger partial charge is 0.357 e. The highest BCUT2D eigenvalue weighted by molar-refractivity contribution is 7.99. The fourth-order valence-electron chi connectivity index (χ4n) is 3.75. The lowest BCUT2D eigenvalue weighted by molar-refractivity contribution is -0.130. The fourth-order valence-corrected chi connectivity index (χ4v) is 4.55. The van der Waals surface area contributed by atoms with Gasteiger partial charge in [-0.15, -0.1) is 0 Å². The molecule has 2 unspecified atom stereocenters. The van der Waals surface area contributed by atoms with E-state index in [0.717, 1.165) is 30.7 Å². The summed E-state index contributed by atoms with van der Waals surface area (Å²) >= 11 is 1.95. The van der Waals surface area contributed by atoms with Crippen molar-refractivity contribution in [1.29, 1.82) is 0 Å². The topological polar surface area (TPSA) is 56.7 Å². The van der Waals surface area contributed by atoms with E-state index >= 15 is 0 Å². The second kappa shape index (κ2) is 9.31. The number of aliphatic imine (C=N–C) groups is 1. The number of nitrogens with zero attached hydrogens (tertiary/aromatic N) is 2. The smallest absolute Gasteiger partial charge is 0.244 e. The molecule has 3 rings (SSSR count). The van der Waals surface area contributed by atoms with Crippen LogP contribution >= 0.6 is 11.8 Å². The predicted molar refractivity (Wildman–Crippen MR) is 110 cm³/mol. The van der Waals surface area contributed by atoms with Gasteiger partial charge in [-0.05, 0) is 50.0 Å². The summed E-state index contributed by atoms with van der Waals surface area (Å²) in [4.78, 5) is 19.1. The lowest BCUT2D eigenvalue weighted by Crippen LogP contribution is -2.44. The zero-order valence-corrected chi connectivity index (χ0v) is 16.6. The second-order valence-electron chi connectivity index (χ2n) is 7.04. The van der Waals surface area contributed by atoms with Crippen molar-refractivity contribution in [2.45, 2.75) is 50.4 Å². The van der Waals surface area contributed by atoms with E-state index in [2.05, 4.69) is 47.0 Å². The van der Waals surface area contributed by atoms with E-state index in [1.165, 1.54) is 30.4 Å². The van der Waals surface area contributed by atoms with Gasteiger partial charge in [0.2, 0.25) is 5.91 Å². The molecule has 1 fully saturated rings. The normalized spacial score (nSPS) is 22.8. The number of amides is 1. The number of hydrogen-bond acceptors (Lipinski definition) is 3. The summed E-state index contributed by atoms with van der Waals surface area (Å²) in [6.07, 6.45) is 6.71. The van der Waals surface area contributed by atoms with E-state index in [4.69, 9.17) is 0 Å². The van der Waals surface area contributed by atoms with Gasteiger partial charge in [0.05, 0.1) is 0 Å². The Kier molecular flexibility index (Phi) is 6.83. The van der Waals surface area contributed by atoms with Crippen LogP contribution in [0.3, 0.4) is 0 Å². The molecule has 1 aliphatic heterocycles. The van der Waals surface area contributed by atoms with E-state index in [1.54, 1.807) is 0 Å². The van der Waals surface area contributed by atoms with Crippen LogP contribution in [0.1, 0.15) is 37.3 Å². The minimum atomic E-state index is 0.102. The summed E-state index contributed by atoms with van der Waals surface area (Å²) in [5.74, 6) is 0.870. The molecule has 1 aromatic carbocycles. The van der Waals surface area contributed by atoms with E-state index in [0.29, 0.717) is 12.6 Å². The lowest BCUT2D eigenvalue weighted by Gasteiger charge is -2.28. The van der Waals surface area contributed by atoms with Gasteiger partial charge in [-0.3, -0.25) is 4.79 Å². The van der Waals surface area contributed by atoms with Crippen molar-refractivity contribution in [3.63, 3.8) is 0 Å². The molecule has 2 atom stereocenters. The van der Waals surface area contributed by atoms with Gasteiger partial charge < -0.3 is 15.5 Å². The average Bonchev–Trinajstić information content (AvgIpc) is 3.13. The maximum absolute atomic E-state index is 12.6. The minimum Gasteiger partial charge on any atom is -0.357 e. The average molecular weight is 375 g/mol. The van der Waals surface area contributed by atoms with Gasteiger partial charge in [-0.2, -0.15) is 11.8 Å². The Morgan fingerprint density at radius 3 is 2.85 bits per heavy atom. The van der Waals surface area contributed by atoms with Crippen LogP contribution in [-0.2, 0) is 17.8 Å². The van der Waals surface area contributed by atoms with Crippen LogP contribution in [-0.4, -0.2) is 53.9 Å². The number of fused-ring (bicyclic) bond motifs is 1. The Morgan fingerprint density at radius 2 is 2.12 bits per heavy atom. The third-order valence-electron chi connectivity index (χ3n) is 5.26. The Bertz CT molecular complexity index is 648. The highest BCUT2D eigenvalue weighted by Gasteiger charge is 2.25. The van der Waals surface area contributed by atoms with E-state index in [-0.39, 0.29) is 12.5 Å². The first-order valence-electron chi connectivity index (χ1n) is 9.61. The predicted octanol–water partition coefficient (Wildman–Crippen LogP) is 2.41. The molecule has 0 bridgehead atoms. The van der Waals surface area contributed by atoms with E-state index < -0.39 is 0 Å². The van der Waals surface area contributed by atoms with Crippen molar-refractivity contribution < 1.29 is 4.79 Å². The summed E-state index contributed by atoms with van der Waals surface area (Å²) in [7, 11) is 0. The number of thioether (sulfide) groups is 1. The summed E-state index contributed by atoms with van der Waals surface area (Å²) in [6.45, 7) is 4.55. The first-order chi connectivity index (χ1) is 12.7. The van der Waals surface area contributed by atoms with Crippen LogP contribution < -0.4 is 10.6 Å². The van der Waals surface area contributed by atoms with Gasteiger partial charge >= 0.3 is 0 Å². The standard InChI is InChI=1S/C20H30N4OS/c1-3-21-20(23-17-8-9-18(12-17)26-2)22-13-19(25)24-11-10-15-6-4-5-7-16(15)14-24/h4-7,17-18H,3,8-14H2,1-2H3,(H2,21,22,23). The summed E-state index contributed by atoms with van der Waals surface area (Å²) in [5, 5.41) is 7.53. The summed E-state index contributed by atoms with van der Waals surface area (Å²) < 4.78 is 0. The number of nitrogens with one attached hydrogen (secondary N) is 2. The van der Waals surface area contributed by atoms with Gasteiger partial charge in [0.1, 0.15) is 6.54 Å². The van der Waals surface area contributed by atoms with Crippen LogP contribution in [0.15, 0.2) is 29.3 Å². The zero-order chi connectivity index (χ0) is 18.4. The van der Waals surface area contributed by atoms with Crippen molar-refractivity contribution in [2.24, 2.45) is 4.99 Å². The Balaban J connectivity index is 1.55. The Morgan fingerprint density at radius 1 is 1.31 bits per heavy atom. The lowest BCUT2D eigenvalue weighted by atomic mass is 10.00. The Hall–Kier alpha value is -1.69. The van der Waals surface area contributed by atoms with Gasteiger partial charge in [0, 0.05) is 30.9 Å². The van der Waals surface area contributed by atoms with Gasteiger partial charge in [0.25, 0.3) is 0 Å². The summed E-state index contributed by atoms with van der Waals surface area (Å²) in [5.41, 5.74) is 2.62. The third kappa shape index (κ3) is 4.93. The van der Waals surface area contributed by atoms with E-state index in [9.17, 15) is 4.79 Å². The van der Waals surface area contributed by atoms with Gasteiger partial charge in [0.15, 0.2) is 5.96 Å². The molecule has 142 valence electrons. The first kappa shape index (κ1) is 19.1. The zero-order valence-electron chi connectivity index (χ0n) is 15.8. The molecule has 1 saturated carbocycles.